The van der Waals surface area contributed by atoms with Crippen molar-refractivity contribution >= 4 is 17.0 Å². The summed E-state index contributed by atoms with van der Waals surface area (Å²) in [7, 11) is 2.16. The first-order valence-electron chi connectivity index (χ1n) is 7.32. The second-order valence-electron chi connectivity index (χ2n) is 5.64. The van der Waals surface area contributed by atoms with Gasteiger partial charge >= 0.3 is 0 Å². The Morgan fingerprint density at radius 2 is 1.90 bits per heavy atom. The van der Waals surface area contributed by atoms with E-state index in [2.05, 4.69) is 42.8 Å². The van der Waals surface area contributed by atoms with E-state index in [1.807, 2.05) is 4.52 Å². The van der Waals surface area contributed by atoms with Crippen molar-refractivity contribution in [2.75, 3.05) is 43.9 Å². The molecule has 0 aliphatic carbocycles. The van der Waals surface area contributed by atoms with Gasteiger partial charge in [-0.2, -0.15) is 0 Å². The summed E-state index contributed by atoms with van der Waals surface area (Å²) in [4.78, 5) is 4.65. The molecule has 0 saturated carbocycles. The molecular formula is C15H23N5. The summed E-state index contributed by atoms with van der Waals surface area (Å²) in [6.07, 6.45) is 0.974. The van der Waals surface area contributed by atoms with Crippen LogP contribution in [0.25, 0.3) is 5.52 Å². The van der Waals surface area contributed by atoms with Gasteiger partial charge < -0.3 is 15.5 Å². The number of aryl methyl sites for hydroxylation is 2. The van der Waals surface area contributed by atoms with Crippen LogP contribution in [0.15, 0.2) is 12.1 Å². The molecule has 3 rings (SSSR count). The van der Waals surface area contributed by atoms with Gasteiger partial charge in [-0.25, -0.2) is 4.52 Å². The van der Waals surface area contributed by atoms with Gasteiger partial charge in [0, 0.05) is 31.9 Å². The van der Waals surface area contributed by atoms with Crippen molar-refractivity contribution in [1.82, 2.24) is 14.5 Å². The standard InChI is InChI=1S/C15H23N5/c1-4-12-6-5-11(2)20-14(12)13(16)15(17-20)19-9-7-18(3)8-10-19/h5-6H,4,7-10,16H2,1-3H3. The number of nitrogen functional groups attached to an aromatic ring is 1. The average Bonchev–Trinajstić information content (AvgIpc) is 2.80. The maximum absolute atomic E-state index is 6.41. The van der Waals surface area contributed by atoms with E-state index in [1.54, 1.807) is 0 Å². The van der Waals surface area contributed by atoms with Crippen LogP contribution in [0.2, 0.25) is 0 Å². The molecule has 2 aromatic rings. The predicted octanol–water partition coefficient (Wildman–Crippen LogP) is 1.54. The van der Waals surface area contributed by atoms with E-state index in [9.17, 15) is 0 Å². The number of pyridine rings is 1. The molecule has 20 heavy (non-hydrogen) atoms. The summed E-state index contributed by atoms with van der Waals surface area (Å²) in [6, 6.07) is 4.28. The van der Waals surface area contributed by atoms with E-state index in [-0.39, 0.29) is 0 Å². The summed E-state index contributed by atoms with van der Waals surface area (Å²) < 4.78 is 2.00. The van der Waals surface area contributed by atoms with Crippen LogP contribution in [0.1, 0.15) is 18.2 Å². The minimum absolute atomic E-state index is 0.829. The van der Waals surface area contributed by atoms with Gasteiger partial charge in [-0.15, -0.1) is 5.10 Å². The van der Waals surface area contributed by atoms with Gasteiger partial charge in [-0.3, -0.25) is 0 Å². The third-order valence-corrected chi connectivity index (χ3v) is 4.25. The number of fused-ring (bicyclic) bond motifs is 1. The molecule has 0 amide bonds. The topological polar surface area (TPSA) is 49.8 Å². The SMILES string of the molecule is CCc1ccc(C)n2nc(N3CCN(C)CC3)c(N)c12. The Bertz CT molecular complexity index is 623. The highest BCUT2D eigenvalue weighted by Crippen LogP contribution is 2.30. The lowest BCUT2D eigenvalue weighted by Gasteiger charge is -2.32. The van der Waals surface area contributed by atoms with Crippen molar-refractivity contribution in [1.29, 1.82) is 0 Å². The Morgan fingerprint density at radius 1 is 1.20 bits per heavy atom. The number of hydrogen-bond acceptors (Lipinski definition) is 4. The lowest BCUT2D eigenvalue weighted by atomic mass is 10.1. The molecule has 1 aliphatic heterocycles. The Morgan fingerprint density at radius 3 is 2.55 bits per heavy atom. The van der Waals surface area contributed by atoms with E-state index >= 15 is 0 Å². The number of piperazine rings is 1. The summed E-state index contributed by atoms with van der Waals surface area (Å²) in [5, 5.41) is 4.77. The molecule has 0 unspecified atom stereocenters. The minimum atomic E-state index is 0.829. The number of anilines is 2. The quantitative estimate of drug-likeness (QED) is 0.902. The first-order valence-corrected chi connectivity index (χ1v) is 7.32. The lowest BCUT2D eigenvalue weighted by molar-refractivity contribution is 0.312. The van der Waals surface area contributed by atoms with E-state index in [1.165, 1.54) is 5.56 Å². The van der Waals surface area contributed by atoms with Crippen LogP contribution in [0.4, 0.5) is 11.5 Å². The van der Waals surface area contributed by atoms with Crippen LogP contribution in [0, 0.1) is 6.92 Å². The second-order valence-corrected chi connectivity index (χ2v) is 5.64. The largest absolute Gasteiger partial charge is 0.394 e. The van der Waals surface area contributed by atoms with Gasteiger partial charge in [0.05, 0.1) is 5.52 Å². The smallest absolute Gasteiger partial charge is 0.175 e. The molecule has 108 valence electrons. The Hall–Kier alpha value is -1.75. The van der Waals surface area contributed by atoms with Crippen LogP contribution in [-0.4, -0.2) is 47.7 Å². The Labute approximate surface area is 120 Å². The molecular weight excluding hydrogens is 250 g/mol. The predicted molar refractivity (Wildman–Crippen MR) is 83.4 cm³/mol. The van der Waals surface area contributed by atoms with Crippen molar-refractivity contribution in [3.63, 3.8) is 0 Å². The van der Waals surface area contributed by atoms with Crippen LogP contribution in [0.3, 0.4) is 0 Å². The maximum Gasteiger partial charge on any atom is 0.175 e. The Kier molecular flexibility index (Phi) is 3.30. The highest BCUT2D eigenvalue weighted by molar-refractivity contribution is 5.84. The molecule has 3 heterocycles. The fraction of sp³-hybridized carbons (Fsp3) is 0.533. The van der Waals surface area contributed by atoms with Crippen LogP contribution in [-0.2, 0) is 6.42 Å². The lowest BCUT2D eigenvalue weighted by Crippen LogP contribution is -2.44. The van der Waals surface area contributed by atoms with Crippen molar-refractivity contribution in [2.24, 2.45) is 0 Å². The minimum Gasteiger partial charge on any atom is -0.394 e. The third-order valence-electron chi connectivity index (χ3n) is 4.25. The van der Waals surface area contributed by atoms with Crippen molar-refractivity contribution < 1.29 is 0 Å². The van der Waals surface area contributed by atoms with E-state index in [4.69, 9.17) is 10.8 Å². The van der Waals surface area contributed by atoms with E-state index < -0.39 is 0 Å². The zero-order valence-electron chi connectivity index (χ0n) is 12.6. The zero-order chi connectivity index (χ0) is 14.3. The normalized spacial score (nSPS) is 17.1. The van der Waals surface area contributed by atoms with Gasteiger partial charge in [-0.05, 0) is 32.0 Å². The number of nitrogens with two attached hydrogens (primary N) is 1. The number of nitrogens with zero attached hydrogens (tertiary/aromatic N) is 4. The number of likely N-dealkylation sites (N-methyl/N-ethyl adjacent to an activating group) is 1. The molecule has 0 spiro atoms. The van der Waals surface area contributed by atoms with Gasteiger partial charge in [0.2, 0.25) is 0 Å². The molecule has 5 heteroatoms. The van der Waals surface area contributed by atoms with Gasteiger partial charge in [-0.1, -0.05) is 13.0 Å². The molecule has 1 aliphatic rings. The molecule has 5 nitrogen and oxygen atoms in total. The summed E-state index contributed by atoms with van der Waals surface area (Å²) >= 11 is 0. The molecule has 1 fully saturated rings. The van der Waals surface area contributed by atoms with Crippen molar-refractivity contribution in [3.8, 4) is 0 Å². The molecule has 0 atom stereocenters. The van der Waals surface area contributed by atoms with Crippen LogP contribution in [0.5, 0.6) is 0 Å². The summed E-state index contributed by atoms with van der Waals surface area (Å²) in [5.74, 6) is 0.946. The summed E-state index contributed by atoms with van der Waals surface area (Å²) in [6.45, 7) is 8.34. The molecule has 1 saturated heterocycles. The number of aromatic nitrogens is 2. The fourth-order valence-electron chi connectivity index (χ4n) is 2.89. The first-order chi connectivity index (χ1) is 9.61. The van der Waals surface area contributed by atoms with E-state index in [0.29, 0.717) is 0 Å². The molecule has 0 bridgehead atoms. The van der Waals surface area contributed by atoms with Crippen LogP contribution >= 0.6 is 0 Å². The van der Waals surface area contributed by atoms with Gasteiger partial charge in [0.15, 0.2) is 5.82 Å². The highest BCUT2D eigenvalue weighted by Gasteiger charge is 2.22. The summed E-state index contributed by atoms with van der Waals surface area (Å²) in [5.41, 5.74) is 10.7. The first kappa shape index (κ1) is 13.2. The molecule has 0 radical (unpaired) electrons. The van der Waals surface area contributed by atoms with Gasteiger partial charge in [0.25, 0.3) is 0 Å². The molecule has 2 aromatic heterocycles. The van der Waals surface area contributed by atoms with E-state index in [0.717, 1.165) is 55.3 Å². The van der Waals surface area contributed by atoms with Crippen LogP contribution < -0.4 is 10.6 Å². The average molecular weight is 273 g/mol. The maximum atomic E-state index is 6.41. The molecule has 0 aromatic carbocycles. The number of rotatable bonds is 2. The second kappa shape index (κ2) is 4.98. The highest BCUT2D eigenvalue weighted by atomic mass is 15.4. The van der Waals surface area contributed by atoms with Gasteiger partial charge in [0.1, 0.15) is 5.69 Å². The zero-order valence-corrected chi connectivity index (χ0v) is 12.6. The van der Waals surface area contributed by atoms with Crippen molar-refractivity contribution in [3.05, 3.63) is 23.4 Å². The third kappa shape index (κ3) is 2.02. The van der Waals surface area contributed by atoms with Crippen molar-refractivity contribution in [2.45, 2.75) is 20.3 Å². The monoisotopic (exact) mass is 273 g/mol. The molecule has 2 N–H and O–H groups in total. The fourth-order valence-corrected chi connectivity index (χ4v) is 2.89. The number of hydrogen-bond donors (Lipinski definition) is 1. The Balaban J connectivity index is 2.09.